The molecule has 0 radical (unpaired) electrons. The van der Waals surface area contributed by atoms with Crippen molar-refractivity contribution in [2.75, 3.05) is 6.61 Å². The van der Waals surface area contributed by atoms with Crippen molar-refractivity contribution in [3.63, 3.8) is 0 Å². The van der Waals surface area contributed by atoms with E-state index in [0.717, 1.165) is 31.9 Å². The Morgan fingerprint density at radius 2 is 2.09 bits per heavy atom. The summed E-state index contributed by atoms with van der Waals surface area (Å²) >= 11 is 0. The summed E-state index contributed by atoms with van der Waals surface area (Å²) in [5.41, 5.74) is 0. The first kappa shape index (κ1) is 10.5. The molecule has 1 unspecified atom stereocenters. The Morgan fingerprint density at radius 1 is 1.36 bits per heavy atom. The number of hydrogen-bond donors (Lipinski definition) is 2. The third-order valence-electron chi connectivity index (χ3n) is 1.73. The number of rotatable bonds is 6. The van der Waals surface area contributed by atoms with Crippen LogP contribution in [0.3, 0.4) is 0 Å². The number of aliphatic hydroxyl groups excluding tert-OH is 2. The van der Waals surface area contributed by atoms with Crippen molar-refractivity contribution >= 4 is 0 Å². The summed E-state index contributed by atoms with van der Waals surface area (Å²) in [6, 6.07) is 0. The molecule has 0 aliphatic heterocycles. The Hall–Kier alpha value is -0.500. The van der Waals surface area contributed by atoms with Crippen LogP contribution in [0.5, 0.6) is 0 Å². The number of aliphatic hydroxyl groups is 2. The van der Waals surface area contributed by atoms with E-state index >= 15 is 0 Å². The van der Waals surface area contributed by atoms with E-state index in [1.807, 2.05) is 6.92 Å². The molecule has 0 aromatic carbocycles. The molecule has 2 N–H and O–H groups in total. The fraction of sp³-hybridized carbons (Fsp3) is 0.778. The van der Waals surface area contributed by atoms with Crippen molar-refractivity contribution in [2.45, 2.75) is 32.6 Å². The molecule has 0 aromatic heterocycles. The molecule has 0 bridgehead atoms. The van der Waals surface area contributed by atoms with Crippen LogP contribution in [-0.2, 0) is 0 Å². The smallest absolute Gasteiger partial charge is 0.0751 e. The van der Waals surface area contributed by atoms with Gasteiger partial charge in [-0.3, -0.25) is 0 Å². The zero-order valence-corrected chi connectivity index (χ0v) is 7.16. The van der Waals surface area contributed by atoms with E-state index in [1.54, 1.807) is 6.08 Å². The van der Waals surface area contributed by atoms with E-state index < -0.39 is 0 Å². The Balaban J connectivity index is 3.01. The quantitative estimate of drug-likeness (QED) is 0.459. The normalized spacial score (nSPS) is 14.0. The van der Waals surface area contributed by atoms with Gasteiger partial charge in [0.1, 0.15) is 0 Å². The molecule has 0 heterocycles. The number of hydrogen-bond acceptors (Lipinski definition) is 2. The van der Waals surface area contributed by atoms with Crippen LogP contribution in [0.15, 0.2) is 12.3 Å². The highest BCUT2D eigenvalue weighted by atomic mass is 16.3. The zero-order chi connectivity index (χ0) is 8.53. The fourth-order valence-electron chi connectivity index (χ4n) is 0.921. The van der Waals surface area contributed by atoms with Gasteiger partial charge in [-0.25, -0.2) is 0 Å². The summed E-state index contributed by atoms with van der Waals surface area (Å²) in [7, 11) is 0. The van der Waals surface area contributed by atoms with Gasteiger partial charge in [0.05, 0.1) is 6.26 Å². The van der Waals surface area contributed by atoms with E-state index in [0.29, 0.717) is 5.92 Å². The van der Waals surface area contributed by atoms with Crippen LogP contribution in [-0.4, -0.2) is 16.8 Å². The maximum Gasteiger partial charge on any atom is 0.0751 e. The van der Waals surface area contributed by atoms with Gasteiger partial charge in [0.15, 0.2) is 0 Å². The predicted molar refractivity (Wildman–Crippen MR) is 46.5 cm³/mol. The second-order valence-electron chi connectivity index (χ2n) is 2.96. The van der Waals surface area contributed by atoms with Crippen LogP contribution >= 0.6 is 0 Å². The molecule has 0 saturated carbocycles. The zero-order valence-electron chi connectivity index (χ0n) is 7.16. The highest BCUT2D eigenvalue weighted by Gasteiger charge is 1.97. The number of unbranched alkanes of at least 4 members (excludes halogenated alkanes) is 2. The molecule has 0 saturated heterocycles. The first-order valence-electron chi connectivity index (χ1n) is 4.21. The third-order valence-corrected chi connectivity index (χ3v) is 1.73. The fourth-order valence-corrected chi connectivity index (χ4v) is 0.921. The van der Waals surface area contributed by atoms with Crippen LogP contribution in [0.1, 0.15) is 32.6 Å². The van der Waals surface area contributed by atoms with Crippen molar-refractivity contribution < 1.29 is 10.2 Å². The highest BCUT2D eigenvalue weighted by molar-refractivity contribution is 4.70. The summed E-state index contributed by atoms with van der Waals surface area (Å²) in [6.07, 6.45) is 7.09. The monoisotopic (exact) mass is 158 g/mol. The van der Waals surface area contributed by atoms with Gasteiger partial charge in [0.25, 0.3) is 0 Å². The largest absolute Gasteiger partial charge is 0.516 e. The van der Waals surface area contributed by atoms with E-state index in [1.165, 1.54) is 0 Å². The Bertz CT molecular complexity index is 99.7. The summed E-state index contributed by atoms with van der Waals surface area (Å²) in [4.78, 5) is 0. The van der Waals surface area contributed by atoms with E-state index in [-0.39, 0.29) is 6.61 Å². The molecule has 2 nitrogen and oxygen atoms in total. The first-order chi connectivity index (χ1) is 5.31. The van der Waals surface area contributed by atoms with Crippen LogP contribution in [0.2, 0.25) is 0 Å². The topological polar surface area (TPSA) is 40.5 Å². The molecular formula is C9H18O2. The molecule has 0 rings (SSSR count). The summed E-state index contributed by atoms with van der Waals surface area (Å²) < 4.78 is 0. The Labute approximate surface area is 68.6 Å². The molecule has 0 aromatic rings. The second kappa shape index (κ2) is 7.61. The van der Waals surface area contributed by atoms with E-state index in [4.69, 9.17) is 10.2 Å². The molecular weight excluding hydrogens is 140 g/mol. The van der Waals surface area contributed by atoms with Crippen LogP contribution in [0, 0.1) is 5.92 Å². The summed E-state index contributed by atoms with van der Waals surface area (Å²) in [5.74, 6) is 0.424. The van der Waals surface area contributed by atoms with Gasteiger partial charge in [0.2, 0.25) is 0 Å². The lowest BCUT2D eigenvalue weighted by atomic mass is 10.0. The second-order valence-corrected chi connectivity index (χ2v) is 2.96. The Morgan fingerprint density at radius 3 is 2.64 bits per heavy atom. The average Bonchev–Trinajstić information content (AvgIpc) is 2.04. The first-order valence-corrected chi connectivity index (χ1v) is 4.21. The molecule has 1 atom stereocenters. The molecule has 0 aliphatic carbocycles. The summed E-state index contributed by atoms with van der Waals surface area (Å²) in [5, 5.41) is 17.0. The molecule has 66 valence electrons. The number of allylic oxidation sites excluding steroid dienone is 1. The molecule has 0 spiro atoms. The standard InChI is InChI=1S/C9H18O2/c1-9(8-11)6-4-2-3-5-7-10/h5,7,9-11H,2-4,6,8H2,1H3. The van der Waals surface area contributed by atoms with Gasteiger partial charge in [0, 0.05) is 6.61 Å². The van der Waals surface area contributed by atoms with E-state index in [2.05, 4.69) is 0 Å². The third kappa shape index (κ3) is 7.40. The van der Waals surface area contributed by atoms with Crippen LogP contribution in [0.4, 0.5) is 0 Å². The van der Waals surface area contributed by atoms with Crippen LogP contribution in [0.25, 0.3) is 0 Å². The average molecular weight is 158 g/mol. The summed E-state index contributed by atoms with van der Waals surface area (Å²) in [6.45, 7) is 2.33. The molecule has 0 aliphatic rings. The van der Waals surface area contributed by atoms with Gasteiger partial charge in [-0.05, 0) is 25.2 Å². The minimum atomic E-state index is 0.288. The molecule has 0 amide bonds. The van der Waals surface area contributed by atoms with Gasteiger partial charge < -0.3 is 10.2 Å². The van der Waals surface area contributed by atoms with Crippen LogP contribution < -0.4 is 0 Å². The van der Waals surface area contributed by atoms with Gasteiger partial charge >= 0.3 is 0 Å². The van der Waals surface area contributed by atoms with E-state index in [9.17, 15) is 0 Å². The lowest BCUT2D eigenvalue weighted by molar-refractivity contribution is 0.227. The maximum absolute atomic E-state index is 8.68. The lowest BCUT2D eigenvalue weighted by Gasteiger charge is -2.05. The van der Waals surface area contributed by atoms with Gasteiger partial charge in [-0.15, -0.1) is 0 Å². The molecule has 0 fully saturated rings. The minimum Gasteiger partial charge on any atom is -0.516 e. The van der Waals surface area contributed by atoms with Crippen molar-refractivity contribution in [1.82, 2.24) is 0 Å². The van der Waals surface area contributed by atoms with Gasteiger partial charge in [-0.2, -0.15) is 0 Å². The molecule has 11 heavy (non-hydrogen) atoms. The maximum atomic E-state index is 8.68. The van der Waals surface area contributed by atoms with Crippen molar-refractivity contribution in [3.8, 4) is 0 Å². The molecule has 2 heteroatoms. The Kier molecular flexibility index (Phi) is 7.26. The van der Waals surface area contributed by atoms with Crippen molar-refractivity contribution in [2.24, 2.45) is 5.92 Å². The SMILES string of the molecule is CC(CO)CCCCC=CO. The van der Waals surface area contributed by atoms with Gasteiger partial charge in [-0.1, -0.05) is 19.4 Å². The minimum absolute atomic E-state index is 0.288. The van der Waals surface area contributed by atoms with Crippen molar-refractivity contribution in [1.29, 1.82) is 0 Å². The van der Waals surface area contributed by atoms with Crippen molar-refractivity contribution in [3.05, 3.63) is 12.3 Å². The predicted octanol–water partition coefficient (Wildman–Crippen LogP) is 2.25. The lowest BCUT2D eigenvalue weighted by Crippen LogP contribution is -1.99. The highest BCUT2D eigenvalue weighted by Crippen LogP contribution is 2.08.